The summed E-state index contributed by atoms with van der Waals surface area (Å²) in [6.45, 7) is 5.97. The highest BCUT2D eigenvalue weighted by Gasteiger charge is 2.12. The first-order valence-corrected chi connectivity index (χ1v) is 12.3. The van der Waals surface area contributed by atoms with Gasteiger partial charge in [-0.3, -0.25) is 14.8 Å². The summed E-state index contributed by atoms with van der Waals surface area (Å²) in [7, 11) is 0. The van der Waals surface area contributed by atoms with Crippen molar-refractivity contribution < 1.29 is 19.8 Å². The number of carbonyl (C=O) groups is 2. The number of aromatic carboxylic acids is 1. The number of phenols is 1. The third-order valence-corrected chi connectivity index (χ3v) is 6.38. The van der Waals surface area contributed by atoms with E-state index in [1.165, 1.54) is 78.3 Å². The lowest BCUT2D eigenvalue weighted by molar-refractivity contribution is -0.109. The van der Waals surface area contributed by atoms with E-state index in [0.717, 1.165) is 11.4 Å². The maximum absolute atomic E-state index is 10.5. The molecule has 0 atom stereocenters. The predicted molar refractivity (Wildman–Crippen MR) is 139 cm³/mol. The molecule has 0 aliphatic carbocycles. The number of amides is 1. The van der Waals surface area contributed by atoms with Gasteiger partial charge in [0.2, 0.25) is 6.41 Å². The quantitative estimate of drug-likeness (QED) is 0.269. The smallest absolute Gasteiger partial charge is 0.339 e. The number of aromatic hydroxyl groups is 1. The van der Waals surface area contributed by atoms with E-state index in [1.54, 1.807) is 0 Å². The van der Waals surface area contributed by atoms with E-state index < -0.39 is 5.97 Å². The first-order valence-electron chi connectivity index (χ1n) is 11.4. The van der Waals surface area contributed by atoms with Crippen LogP contribution in [-0.4, -0.2) is 40.6 Å². The molecule has 0 spiro atoms. The van der Waals surface area contributed by atoms with Gasteiger partial charge in [0, 0.05) is 18.0 Å². The second kappa shape index (κ2) is 12.9. The zero-order chi connectivity index (χ0) is 25.2. The summed E-state index contributed by atoms with van der Waals surface area (Å²) in [6.07, 6.45) is 3.22. The predicted octanol–water partition coefficient (Wildman–Crippen LogP) is 4.56. The topological polar surface area (TPSA) is 116 Å². The Hall–Kier alpha value is -3.33. The Labute approximate surface area is 210 Å². The molecule has 3 aromatic rings. The molecular formula is C27H31N3O4S. The van der Waals surface area contributed by atoms with Gasteiger partial charge in [-0.05, 0) is 103 Å². The molecular weight excluding hydrogens is 462 g/mol. The minimum Gasteiger partial charge on any atom is -0.507 e. The van der Waals surface area contributed by atoms with Gasteiger partial charge in [-0.1, -0.05) is 30.3 Å². The molecule has 0 bridgehead atoms. The number of nitrogens with one attached hydrogen (secondary N) is 1. The van der Waals surface area contributed by atoms with E-state index in [9.17, 15) is 14.7 Å². The zero-order valence-electron chi connectivity index (χ0n) is 19.7. The molecule has 0 aromatic heterocycles. The van der Waals surface area contributed by atoms with Crippen LogP contribution in [0.25, 0.3) is 11.1 Å². The molecule has 0 saturated carbocycles. The minimum atomic E-state index is -1.18. The molecule has 35 heavy (non-hydrogen) atoms. The summed E-state index contributed by atoms with van der Waals surface area (Å²) in [5.74, 6) is -1.49. The Morgan fingerprint density at radius 3 is 2.49 bits per heavy atom. The number of aryl methyl sites for hydroxylation is 1. The zero-order valence-corrected chi connectivity index (χ0v) is 20.6. The highest BCUT2D eigenvalue weighted by molar-refractivity contribution is 7.97. The Bertz CT molecular complexity index is 1160. The van der Waals surface area contributed by atoms with E-state index in [4.69, 9.17) is 10.2 Å². The van der Waals surface area contributed by atoms with Crippen LogP contribution in [0.3, 0.4) is 0 Å². The Balaban J connectivity index is 0.000000214. The summed E-state index contributed by atoms with van der Waals surface area (Å²) < 4.78 is 0. The van der Waals surface area contributed by atoms with Gasteiger partial charge in [-0.25, -0.2) is 4.79 Å². The van der Waals surface area contributed by atoms with E-state index in [1.807, 2.05) is 0 Å². The second-order valence-corrected chi connectivity index (χ2v) is 9.14. The summed E-state index contributed by atoms with van der Waals surface area (Å²) in [6, 6.07) is 19.5. The SMILES string of the molecule is Cc1cc(SN)ccc1-c1cccc(CN2CCCC2)c1.O=CNCc1ccc(C(=O)O)c(O)c1. The highest BCUT2D eigenvalue weighted by Crippen LogP contribution is 2.28. The number of hydrogen-bond donors (Lipinski definition) is 4. The summed E-state index contributed by atoms with van der Waals surface area (Å²) >= 11 is 1.30. The molecule has 1 aliphatic rings. The molecule has 1 aliphatic heterocycles. The first-order chi connectivity index (χ1) is 16.9. The van der Waals surface area contributed by atoms with Crippen molar-refractivity contribution in [1.82, 2.24) is 10.2 Å². The molecule has 3 aromatic carbocycles. The van der Waals surface area contributed by atoms with Crippen LogP contribution in [0, 0.1) is 6.92 Å². The summed E-state index contributed by atoms with van der Waals surface area (Å²) in [4.78, 5) is 24.1. The fraction of sp³-hybridized carbons (Fsp3) is 0.259. The van der Waals surface area contributed by atoms with Crippen molar-refractivity contribution >= 4 is 24.3 Å². The first kappa shape index (κ1) is 26.3. The van der Waals surface area contributed by atoms with Crippen molar-refractivity contribution in [2.24, 2.45) is 5.14 Å². The molecule has 4 rings (SSSR count). The van der Waals surface area contributed by atoms with Crippen LogP contribution in [0.5, 0.6) is 5.75 Å². The van der Waals surface area contributed by atoms with Crippen LogP contribution >= 0.6 is 11.9 Å². The van der Waals surface area contributed by atoms with Crippen molar-refractivity contribution in [3.63, 3.8) is 0 Å². The maximum Gasteiger partial charge on any atom is 0.339 e. The number of hydrogen-bond acceptors (Lipinski definition) is 6. The highest BCUT2D eigenvalue weighted by atomic mass is 32.2. The lowest BCUT2D eigenvalue weighted by atomic mass is 9.99. The number of carboxylic acid groups (broad SMARTS) is 1. The molecule has 1 heterocycles. The number of rotatable bonds is 8. The van der Waals surface area contributed by atoms with Crippen LogP contribution in [0.2, 0.25) is 0 Å². The fourth-order valence-corrected chi connectivity index (χ4v) is 4.49. The second-order valence-electron chi connectivity index (χ2n) is 8.43. The Morgan fingerprint density at radius 1 is 1.09 bits per heavy atom. The standard InChI is InChI=1S/C18H22N2S.C9H9NO4/c1-14-11-17(21-19)7-8-18(14)16-6-4-5-15(12-16)13-20-9-2-3-10-20;11-5-10-4-6-1-2-7(9(13)14)8(12)3-6/h4-8,11-12H,2-3,9-10,13,19H2,1H3;1-3,5,12H,4H2,(H,10,11)(H,13,14). The average Bonchev–Trinajstić information content (AvgIpc) is 3.36. The third-order valence-electron chi connectivity index (χ3n) is 5.86. The van der Waals surface area contributed by atoms with Gasteiger partial charge in [0.15, 0.2) is 0 Å². The van der Waals surface area contributed by atoms with Crippen molar-refractivity contribution in [1.29, 1.82) is 0 Å². The molecule has 5 N–H and O–H groups in total. The largest absolute Gasteiger partial charge is 0.507 e. The summed E-state index contributed by atoms with van der Waals surface area (Å²) in [5.41, 5.74) is 5.78. The molecule has 1 fully saturated rings. The van der Waals surface area contributed by atoms with Crippen molar-refractivity contribution in [3.05, 3.63) is 82.9 Å². The van der Waals surface area contributed by atoms with E-state index in [-0.39, 0.29) is 17.9 Å². The van der Waals surface area contributed by atoms with Crippen LogP contribution in [-0.2, 0) is 17.9 Å². The minimum absolute atomic E-state index is 0.153. The lowest BCUT2D eigenvalue weighted by Crippen LogP contribution is -2.18. The van der Waals surface area contributed by atoms with Gasteiger partial charge in [0.05, 0.1) is 0 Å². The van der Waals surface area contributed by atoms with Gasteiger partial charge >= 0.3 is 5.97 Å². The van der Waals surface area contributed by atoms with Crippen molar-refractivity contribution in [2.45, 2.75) is 37.8 Å². The normalized spacial score (nSPS) is 13.1. The number of carboxylic acids is 1. The van der Waals surface area contributed by atoms with Gasteiger partial charge in [-0.15, -0.1) is 0 Å². The Kier molecular flexibility index (Phi) is 9.72. The third kappa shape index (κ3) is 7.58. The van der Waals surface area contributed by atoms with Gasteiger partial charge in [0.1, 0.15) is 11.3 Å². The van der Waals surface area contributed by atoms with Crippen LogP contribution in [0.4, 0.5) is 0 Å². The summed E-state index contributed by atoms with van der Waals surface area (Å²) in [5, 5.41) is 25.9. The molecule has 7 nitrogen and oxygen atoms in total. The van der Waals surface area contributed by atoms with Gasteiger partial charge < -0.3 is 15.5 Å². The fourth-order valence-electron chi connectivity index (χ4n) is 4.10. The number of nitrogens with two attached hydrogens (primary N) is 1. The molecule has 1 amide bonds. The van der Waals surface area contributed by atoms with E-state index >= 15 is 0 Å². The van der Waals surface area contributed by atoms with E-state index in [2.05, 4.69) is 59.6 Å². The molecule has 0 unspecified atom stereocenters. The van der Waals surface area contributed by atoms with Gasteiger partial charge in [-0.2, -0.15) is 0 Å². The van der Waals surface area contributed by atoms with Crippen molar-refractivity contribution in [3.8, 4) is 16.9 Å². The van der Waals surface area contributed by atoms with Crippen LogP contribution in [0.1, 0.15) is 39.9 Å². The Morgan fingerprint density at radius 2 is 1.86 bits per heavy atom. The van der Waals surface area contributed by atoms with Crippen LogP contribution in [0.15, 0.2) is 65.6 Å². The van der Waals surface area contributed by atoms with E-state index in [0.29, 0.717) is 12.0 Å². The maximum atomic E-state index is 10.5. The number of nitrogens with zero attached hydrogens (tertiary/aromatic N) is 1. The molecule has 184 valence electrons. The van der Waals surface area contributed by atoms with Crippen LogP contribution < -0.4 is 10.5 Å². The molecule has 8 heteroatoms. The molecule has 1 saturated heterocycles. The average molecular weight is 494 g/mol. The monoisotopic (exact) mass is 493 g/mol. The number of benzene rings is 3. The lowest BCUT2D eigenvalue weighted by Gasteiger charge is -2.15. The number of carbonyl (C=O) groups excluding carboxylic acids is 1. The van der Waals surface area contributed by atoms with Crippen molar-refractivity contribution in [2.75, 3.05) is 13.1 Å². The number of likely N-dealkylation sites (tertiary alicyclic amines) is 1. The van der Waals surface area contributed by atoms with Gasteiger partial charge in [0.25, 0.3) is 0 Å². The molecule has 0 radical (unpaired) electrons.